The van der Waals surface area contributed by atoms with Crippen molar-refractivity contribution in [2.24, 2.45) is 0 Å². The first-order chi connectivity index (χ1) is 27.5. The summed E-state index contributed by atoms with van der Waals surface area (Å²) in [6.45, 7) is 4.63. The zero-order valence-electron chi connectivity index (χ0n) is 37.3. The molecule has 1 amide bonds. The summed E-state index contributed by atoms with van der Waals surface area (Å²) in [5.41, 5.74) is 0. The molecule has 0 heterocycles. The number of carbonyl (C=O) groups excluding carboxylic acids is 1. The Labute approximate surface area is 351 Å². The molecule has 0 aromatic rings. The van der Waals surface area contributed by atoms with Gasteiger partial charge in [-0.1, -0.05) is 177 Å². The fourth-order valence-corrected chi connectivity index (χ4v) is 6.84. The number of aliphatic hydroxyl groups is 1. The van der Waals surface area contributed by atoms with Crippen LogP contribution in [0.4, 0.5) is 0 Å². The number of aliphatic hydroxyl groups excluding tert-OH is 1. The third-order valence-electron chi connectivity index (χ3n) is 9.72. The maximum Gasteiger partial charge on any atom is 0.472 e. The van der Waals surface area contributed by atoms with Gasteiger partial charge < -0.3 is 19.8 Å². The fourth-order valence-electron chi connectivity index (χ4n) is 6.11. The van der Waals surface area contributed by atoms with Crippen molar-refractivity contribution in [3.8, 4) is 0 Å². The van der Waals surface area contributed by atoms with Crippen LogP contribution in [0, 0.1) is 0 Å². The Bertz CT molecular complexity index is 1160. The number of unbranched alkanes of at least 4 members (excludes halogenated alkanes) is 15. The van der Waals surface area contributed by atoms with Crippen LogP contribution < -0.4 is 5.32 Å². The van der Waals surface area contributed by atoms with Crippen LogP contribution >= 0.6 is 7.82 Å². The second kappa shape index (κ2) is 39.4. The van der Waals surface area contributed by atoms with Crippen molar-refractivity contribution in [1.29, 1.82) is 0 Å². The molecule has 0 spiro atoms. The monoisotopic (exact) mass is 820 g/mol. The van der Waals surface area contributed by atoms with Crippen molar-refractivity contribution in [1.82, 2.24) is 5.32 Å². The van der Waals surface area contributed by atoms with E-state index in [0.717, 1.165) is 83.5 Å². The second-order valence-electron chi connectivity index (χ2n) is 16.4. The minimum atomic E-state index is -4.30. The standard InChI is InChI=1S/C48H87N2O6P/c1-6-8-10-12-13-14-15-16-17-18-19-20-21-22-23-24-25-26-27-28-29-30-31-32-33-34-35-36-37-38-40-42-48(52)49-46(47(51)41-39-11-9-7-2)45-56-57(53,54)55-44-43-50(3,4)5/h8,10,13-14,16-17,19-20,22-23,25-26,46-47,51H,6-7,9,11-12,15,18,21,24,27-45H2,1-5H3,(H-,49,52,53,54)/p+1/b10-8-,14-13-,17-16-,20-19-,23-22-,26-25-. The summed E-state index contributed by atoms with van der Waals surface area (Å²) in [7, 11) is 1.60. The van der Waals surface area contributed by atoms with Crippen LogP contribution in [0.3, 0.4) is 0 Å². The van der Waals surface area contributed by atoms with E-state index >= 15 is 0 Å². The van der Waals surface area contributed by atoms with Gasteiger partial charge in [-0.05, 0) is 64.2 Å². The maximum atomic E-state index is 12.7. The van der Waals surface area contributed by atoms with Crippen molar-refractivity contribution in [3.05, 3.63) is 72.9 Å². The van der Waals surface area contributed by atoms with E-state index in [1.807, 2.05) is 21.1 Å². The molecule has 9 heteroatoms. The van der Waals surface area contributed by atoms with E-state index in [2.05, 4.69) is 92.1 Å². The van der Waals surface area contributed by atoms with Crippen molar-refractivity contribution in [2.45, 2.75) is 187 Å². The Hall–Kier alpha value is -2.06. The number of quaternary nitrogens is 1. The molecule has 330 valence electrons. The number of nitrogens with zero attached hydrogens (tertiary/aromatic N) is 1. The van der Waals surface area contributed by atoms with Gasteiger partial charge in [-0.2, -0.15) is 0 Å². The van der Waals surface area contributed by atoms with E-state index < -0.39 is 20.0 Å². The molecule has 0 aromatic heterocycles. The summed E-state index contributed by atoms with van der Waals surface area (Å²) in [5.74, 6) is -0.160. The number of hydrogen-bond donors (Lipinski definition) is 3. The number of amides is 1. The number of likely N-dealkylation sites (N-methyl/N-ethyl adjacent to an activating group) is 1. The van der Waals surface area contributed by atoms with Crippen molar-refractivity contribution < 1.29 is 32.9 Å². The molecule has 8 nitrogen and oxygen atoms in total. The molecule has 0 saturated carbocycles. The predicted molar refractivity (Wildman–Crippen MR) is 244 cm³/mol. The van der Waals surface area contributed by atoms with E-state index in [9.17, 15) is 19.4 Å². The molecule has 3 N–H and O–H groups in total. The van der Waals surface area contributed by atoms with Gasteiger partial charge in [0.1, 0.15) is 13.2 Å². The van der Waals surface area contributed by atoms with Gasteiger partial charge in [0.2, 0.25) is 5.91 Å². The molecule has 0 radical (unpaired) electrons. The highest BCUT2D eigenvalue weighted by atomic mass is 31.2. The van der Waals surface area contributed by atoms with E-state index in [-0.39, 0.29) is 19.1 Å². The molecule has 0 saturated heterocycles. The average molecular weight is 820 g/mol. The first-order valence-corrected chi connectivity index (χ1v) is 24.3. The topological polar surface area (TPSA) is 105 Å². The lowest BCUT2D eigenvalue weighted by Crippen LogP contribution is -2.46. The molecule has 57 heavy (non-hydrogen) atoms. The Morgan fingerprint density at radius 1 is 0.614 bits per heavy atom. The van der Waals surface area contributed by atoms with E-state index in [4.69, 9.17) is 9.05 Å². The third-order valence-corrected chi connectivity index (χ3v) is 10.7. The summed E-state index contributed by atoms with van der Waals surface area (Å²) >= 11 is 0. The first-order valence-electron chi connectivity index (χ1n) is 22.8. The lowest BCUT2D eigenvalue weighted by atomic mass is 10.0. The predicted octanol–water partition coefficient (Wildman–Crippen LogP) is 12.8. The highest BCUT2D eigenvalue weighted by molar-refractivity contribution is 7.47. The minimum absolute atomic E-state index is 0.0702. The van der Waals surface area contributed by atoms with Gasteiger partial charge in [-0.25, -0.2) is 4.57 Å². The van der Waals surface area contributed by atoms with Crippen LogP contribution in [0.15, 0.2) is 72.9 Å². The number of allylic oxidation sites excluding steroid dienone is 12. The number of rotatable bonds is 40. The summed E-state index contributed by atoms with van der Waals surface area (Å²) < 4.78 is 23.4. The van der Waals surface area contributed by atoms with Gasteiger partial charge in [0, 0.05) is 6.42 Å². The lowest BCUT2D eigenvalue weighted by Gasteiger charge is -2.26. The van der Waals surface area contributed by atoms with Crippen LogP contribution in [0.1, 0.15) is 174 Å². The van der Waals surface area contributed by atoms with Crippen LogP contribution in [0.5, 0.6) is 0 Å². The maximum absolute atomic E-state index is 12.7. The molecular weight excluding hydrogens is 732 g/mol. The van der Waals surface area contributed by atoms with Gasteiger partial charge in [0.15, 0.2) is 0 Å². The number of phosphoric ester groups is 1. The molecule has 0 rings (SSSR count). The van der Waals surface area contributed by atoms with Gasteiger partial charge in [-0.15, -0.1) is 0 Å². The van der Waals surface area contributed by atoms with Crippen LogP contribution in [0.2, 0.25) is 0 Å². The van der Waals surface area contributed by atoms with Crippen molar-refractivity contribution in [2.75, 3.05) is 40.9 Å². The van der Waals surface area contributed by atoms with Crippen molar-refractivity contribution >= 4 is 13.7 Å². The molecule has 0 aliphatic rings. The fraction of sp³-hybridized carbons (Fsp3) is 0.729. The minimum Gasteiger partial charge on any atom is -0.391 e. The number of carbonyl (C=O) groups is 1. The van der Waals surface area contributed by atoms with Crippen LogP contribution in [-0.4, -0.2) is 73.4 Å². The Balaban J connectivity index is 3.91. The molecule has 0 bridgehead atoms. The average Bonchev–Trinajstić information content (AvgIpc) is 3.16. The molecule has 0 aliphatic heterocycles. The zero-order valence-corrected chi connectivity index (χ0v) is 38.2. The Morgan fingerprint density at radius 3 is 1.53 bits per heavy atom. The van der Waals surface area contributed by atoms with Gasteiger partial charge in [-0.3, -0.25) is 13.8 Å². The molecule has 0 aliphatic carbocycles. The Kier molecular flexibility index (Phi) is 38.0. The van der Waals surface area contributed by atoms with Crippen molar-refractivity contribution in [3.63, 3.8) is 0 Å². The van der Waals surface area contributed by atoms with E-state index in [1.165, 1.54) is 64.2 Å². The lowest BCUT2D eigenvalue weighted by molar-refractivity contribution is -0.870. The SMILES string of the molecule is CC/C=C\C/C=C\C/C=C\C/C=C\C/C=C\C/C=C\CCCCCCCCCCCCCCC(=O)NC(COP(=O)(O)OCC[N+](C)(C)C)C(O)CCCCCC. The first kappa shape index (κ1) is 54.9. The number of phosphoric acid groups is 1. The van der Waals surface area contributed by atoms with Gasteiger partial charge in [0.25, 0.3) is 0 Å². The summed E-state index contributed by atoms with van der Waals surface area (Å²) in [5, 5.41) is 13.7. The largest absolute Gasteiger partial charge is 0.472 e. The Morgan fingerprint density at radius 2 is 1.05 bits per heavy atom. The highest BCUT2D eigenvalue weighted by Gasteiger charge is 2.28. The molecule has 0 aromatic carbocycles. The van der Waals surface area contributed by atoms with E-state index in [1.54, 1.807) is 0 Å². The highest BCUT2D eigenvalue weighted by Crippen LogP contribution is 2.43. The van der Waals surface area contributed by atoms with Crippen LogP contribution in [-0.2, 0) is 18.4 Å². The quantitative estimate of drug-likeness (QED) is 0.0246. The van der Waals surface area contributed by atoms with Crippen LogP contribution in [0.25, 0.3) is 0 Å². The zero-order chi connectivity index (χ0) is 42.1. The number of hydrogen-bond acceptors (Lipinski definition) is 5. The summed E-state index contributed by atoms with van der Waals surface area (Å²) in [6.07, 6.45) is 52.9. The molecule has 3 atom stereocenters. The van der Waals surface area contributed by atoms with E-state index in [0.29, 0.717) is 23.9 Å². The van der Waals surface area contributed by atoms with Gasteiger partial charge in [0.05, 0.1) is 39.9 Å². The third kappa shape index (κ3) is 41.9. The summed E-state index contributed by atoms with van der Waals surface area (Å²) in [4.78, 5) is 22.9. The molecule has 0 fully saturated rings. The molecular formula is C48H88N2O6P+. The molecule has 3 unspecified atom stereocenters. The number of nitrogens with one attached hydrogen (secondary N) is 1. The van der Waals surface area contributed by atoms with Gasteiger partial charge >= 0.3 is 7.82 Å². The second-order valence-corrected chi connectivity index (χ2v) is 17.9. The smallest absolute Gasteiger partial charge is 0.391 e. The normalized spacial score (nSPS) is 15.0. The summed E-state index contributed by atoms with van der Waals surface area (Å²) in [6, 6.07) is -0.760.